The number of benzene rings is 2. The smallest absolute Gasteiger partial charge is 0.227 e. The van der Waals surface area contributed by atoms with Crippen molar-refractivity contribution in [3.63, 3.8) is 0 Å². The number of aromatic nitrogens is 3. The van der Waals surface area contributed by atoms with E-state index in [9.17, 15) is 8.42 Å². The number of nitrogens with zero attached hydrogens (tertiary/aromatic N) is 3. The van der Waals surface area contributed by atoms with Crippen molar-refractivity contribution in [3.05, 3.63) is 77.9 Å². The lowest BCUT2D eigenvalue weighted by Gasteiger charge is -2.10. The Bertz CT molecular complexity index is 1240. The van der Waals surface area contributed by atoms with Crippen LogP contribution in [0, 0.1) is 0 Å². The molecule has 0 aliphatic rings. The fourth-order valence-electron chi connectivity index (χ4n) is 2.68. The molecule has 0 aliphatic carbocycles. The summed E-state index contributed by atoms with van der Waals surface area (Å²) in [7, 11) is -3.20. The van der Waals surface area contributed by atoms with E-state index in [-0.39, 0.29) is 4.90 Å². The predicted octanol–water partition coefficient (Wildman–Crippen LogP) is 4.33. The first-order valence-corrected chi connectivity index (χ1v) is 11.8. The van der Waals surface area contributed by atoms with Crippen LogP contribution in [0.4, 0.5) is 11.6 Å². The topological polar surface area (TPSA) is 94.1 Å². The third-order valence-electron chi connectivity index (χ3n) is 4.15. The van der Waals surface area contributed by atoms with Gasteiger partial charge in [0.2, 0.25) is 5.95 Å². The van der Waals surface area contributed by atoms with Crippen LogP contribution in [0.5, 0.6) is 5.75 Å². The molecule has 2 heterocycles. The Balaban J connectivity index is 1.42. The molecule has 0 bridgehead atoms. The number of rotatable bonds is 7. The molecule has 4 rings (SSSR count). The lowest BCUT2D eigenvalue weighted by Crippen LogP contribution is -2.00. The number of anilines is 2. The molecule has 4 aromatic rings. The molecule has 1 N–H and O–H groups in total. The van der Waals surface area contributed by atoms with Gasteiger partial charge < -0.3 is 10.1 Å². The van der Waals surface area contributed by atoms with Gasteiger partial charge in [0.25, 0.3) is 0 Å². The number of nitrogens with one attached hydrogen (secondary N) is 1. The SMILES string of the molecule is CS(=O)(=O)c1ccc(COc2cccc(Nc3nccc(-c4nccs4)n3)c2)cc1. The summed E-state index contributed by atoms with van der Waals surface area (Å²) in [5.74, 6) is 1.14. The van der Waals surface area contributed by atoms with Crippen molar-refractivity contribution in [1.82, 2.24) is 15.0 Å². The van der Waals surface area contributed by atoms with Crippen molar-refractivity contribution in [2.24, 2.45) is 0 Å². The summed E-state index contributed by atoms with van der Waals surface area (Å²) in [4.78, 5) is 13.3. The van der Waals surface area contributed by atoms with Crippen LogP contribution in [-0.4, -0.2) is 29.6 Å². The van der Waals surface area contributed by atoms with Crippen LogP contribution in [0.25, 0.3) is 10.7 Å². The molecule has 0 aliphatic heterocycles. The Labute approximate surface area is 178 Å². The van der Waals surface area contributed by atoms with Crippen molar-refractivity contribution >= 4 is 32.8 Å². The number of hydrogen-bond acceptors (Lipinski definition) is 8. The van der Waals surface area contributed by atoms with Gasteiger partial charge in [0.1, 0.15) is 23.1 Å². The minimum atomic E-state index is -3.20. The molecular weight excluding hydrogens is 420 g/mol. The van der Waals surface area contributed by atoms with Crippen molar-refractivity contribution in [1.29, 1.82) is 0 Å². The van der Waals surface area contributed by atoms with Crippen molar-refractivity contribution in [3.8, 4) is 16.5 Å². The minimum Gasteiger partial charge on any atom is -0.489 e. The molecule has 0 atom stereocenters. The molecule has 0 unspecified atom stereocenters. The average molecular weight is 439 g/mol. The molecule has 0 saturated carbocycles. The van der Waals surface area contributed by atoms with Crippen molar-refractivity contribution < 1.29 is 13.2 Å². The maximum Gasteiger partial charge on any atom is 0.227 e. The maximum absolute atomic E-state index is 11.5. The van der Waals surface area contributed by atoms with E-state index in [0.29, 0.717) is 18.3 Å². The normalized spacial score (nSPS) is 11.2. The van der Waals surface area contributed by atoms with Crippen LogP contribution in [-0.2, 0) is 16.4 Å². The summed E-state index contributed by atoms with van der Waals surface area (Å²) < 4.78 is 28.9. The van der Waals surface area contributed by atoms with E-state index in [1.165, 1.54) is 17.6 Å². The van der Waals surface area contributed by atoms with Crippen LogP contribution in [0.15, 0.2) is 77.3 Å². The second-order valence-electron chi connectivity index (χ2n) is 6.46. The fourth-order valence-corrected chi connectivity index (χ4v) is 3.92. The molecule has 2 aromatic heterocycles. The number of hydrogen-bond donors (Lipinski definition) is 1. The molecule has 30 heavy (non-hydrogen) atoms. The molecule has 0 amide bonds. The van der Waals surface area contributed by atoms with E-state index >= 15 is 0 Å². The summed E-state index contributed by atoms with van der Waals surface area (Å²) in [6.45, 7) is 0.323. The highest BCUT2D eigenvalue weighted by atomic mass is 32.2. The summed E-state index contributed by atoms with van der Waals surface area (Å²) >= 11 is 1.52. The van der Waals surface area contributed by atoms with E-state index in [4.69, 9.17) is 4.74 Å². The molecule has 7 nitrogen and oxygen atoms in total. The molecule has 2 aromatic carbocycles. The van der Waals surface area contributed by atoms with E-state index in [2.05, 4.69) is 20.3 Å². The van der Waals surface area contributed by atoms with Crippen LogP contribution >= 0.6 is 11.3 Å². The molecule has 0 spiro atoms. The van der Waals surface area contributed by atoms with Crippen molar-refractivity contribution in [2.75, 3.05) is 11.6 Å². The summed E-state index contributed by atoms with van der Waals surface area (Å²) in [6, 6.07) is 15.9. The van der Waals surface area contributed by atoms with Gasteiger partial charge in [-0.05, 0) is 35.9 Å². The Morgan fingerprint density at radius 2 is 1.87 bits per heavy atom. The van der Waals surface area contributed by atoms with Gasteiger partial charge in [-0.25, -0.2) is 23.4 Å². The third kappa shape index (κ3) is 5.00. The number of thiazole rings is 1. The van der Waals surface area contributed by atoms with Crippen LogP contribution in [0.3, 0.4) is 0 Å². The molecule has 0 fully saturated rings. The van der Waals surface area contributed by atoms with E-state index in [1.54, 1.807) is 36.7 Å². The monoisotopic (exact) mass is 438 g/mol. The fraction of sp³-hybridized carbons (Fsp3) is 0.0952. The number of ether oxygens (including phenoxy) is 1. The summed E-state index contributed by atoms with van der Waals surface area (Å²) in [5.41, 5.74) is 2.42. The second-order valence-corrected chi connectivity index (χ2v) is 9.37. The maximum atomic E-state index is 11.5. The summed E-state index contributed by atoms with van der Waals surface area (Å²) in [6.07, 6.45) is 4.62. The van der Waals surface area contributed by atoms with Gasteiger partial charge in [-0.3, -0.25) is 0 Å². The first kappa shape index (κ1) is 20.0. The average Bonchev–Trinajstić information content (AvgIpc) is 3.27. The zero-order valence-corrected chi connectivity index (χ0v) is 17.7. The molecule has 152 valence electrons. The van der Waals surface area contributed by atoms with Gasteiger partial charge in [-0.2, -0.15) is 0 Å². The highest BCUT2D eigenvalue weighted by Crippen LogP contribution is 2.23. The molecular formula is C21H18N4O3S2. The lowest BCUT2D eigenvalue weighted by atomic mass is 10.2. The van der Waals surface area contributed by atoms with E-state index in [0.717, 1.165) is 22.0 Å². The molecule has 0 radical (unpaired) electrons. The molecule has 0 saturated heterocycles. The second kappa shape index (κ2) is 8.60. The van der Waals surface area contributed by atoms with Crippen LogP contribution < -0.4 is 10.1 Å². The Morgan fingerprint density at radius 1 is 1.03 bits per heavy atom. The Kier molecular flexibility index (Phi) is 5.73. The van der Waals surface area contributed by atoms with E-state index in [1.807, 2.05) is 35.7 Å². The van der Waals surface area contributed by atoms with Gasteiger partial charge >= 0.3 is 0 Å². The van der Waals surface area contributed by atoms with Crippen molar-refractivity contribution in [2.45, 2.75) is 11.5 Å². The van der Waals surface area contributed by atoms with Gasteiger partial charge in [0.05, 0.1) is 4.90 Å². The highest BCUT2D eigenvalue weighted by molar-refractivity contribution is 7.90. The zero-order valence-electron chi connectivity index (χ0n) is 16.0. The highest BCUT2D eigenvalue weighted by Gasteiger charge is 2.07. The molecule has 9 heteroatoms. The quantitative estimate of drug-likeness (QED) is 0.459. The minimum absolute atomic E-state index is 0.289. The standard InChI is InChI=1S/C21H18N4O3S2/c1-30(26,27)18-7-5-15(6-8-18)14-28-17-4-2-3-16(13-17)24-21-23-10-9-19(25-21)20-22-11-12-29-20/h2-13H,14H2,1H3,(H,23,24,25). The van der Waals surface area contributed by atoms with E-state index < -0.39 is 9.84 Å². The third-order valence-corrected chi connectivity index (χ3v) is 6.08. The van der Waals surface area contributed by atoms with Gasteiger partial charge in [0.15, 0.2) is 9.84 Å². The summed E-state index contributed by atoms with van der Waals surface area (Å²) in [5, 5.41) is 5.91. The first-order valence-electron chi connectivity index (χ1n) is 8.99. The predicted molar refractivity (Wildman–Crippen MR) is 117 cm³/mol. The Hall–Kier alpha value is -3.30. The largest absolute Gasteiger partial charge is 0.489 e. The zero-order chi connectivity index (χ0) is 21.0. The number of sulfone groups is 1. The van der Waals surface area contributed by atoms with Gasteiger partial charge in [-0.15, -0.1) is 11.3 Å². The Morgan fingerprint density at radius 3 is 2.60 bits per heavy atom. The lowest BCUT2D eigenvalue weighted by molar-refractivity contribution is 0.306. The van der Waals surface area contributed by atoms with Gasteiger partial charge in [-0.1, -0.05) is 18.2 Å². The van der Waals surface area contributed by atoms with Gasteiger partial charge in [0, 0.05) is 35.8 Å². The van der Waals surface area contributed by atoms with Crippen LogP contribution in [0.1, 0.15) is 5.56 Å². The first-order chi connectivity index (χ1) is 14.5. The van der Waals surface area contributed by atoms with Crippen LogP contribution in [0.2, 0.25) is 0 Å².